The molecule has 0 spiro atoms. The number of rotatable bonds is 7. The maximum Gasteiger partial charge on any atom is 0.320 e. The highest BCUT2D eigenvalue weighted by Gasteiger charge is 2.27. The highest BCUT2D eigenvalue weighted by molar-refractivity contribution is 5.82. The van der Waals surface area contributed by atoms with Crippen molar-refractivity contribution in [2.45, 2.75) is 39.8 Å². The van der Waals surface area contributed by atoms with Crippen molar-refractivity contribution in [1.29, 1.82) is 0 Å². The number of carboxylic acids is 2. The van der Waals surface area contributed by atoms with E-state index >= 15 is 0 Å². The van der Waals surface area contributed by atoms with Gasteiger partial charge in [0.15, 0.2) is 0 Å². The van der Waals surface area contributed by atoms with E-state index in [-0.39, 0.29) is 11.7 Å². The summed E-state index contributed by atoms with van der Waals surface area (Å²) in [5.74, 6) is -1.73. The molecule has 1 aliphatic heterocycles. The van der Waals surface area contributed by atoms with Gasteiger partial charge in [-0.05, 0) is 13.8 Å². The van der Waals surface area contributed by atoms with Crippen molar-refractivity contribution in [3.63, 3.8) is 0 Å². The first-order chi connectivity index (χ1) is 11.6. The molecule has 1 heterocycles. The van der Waals surface area contributed by atoms with Crippen LogP contribution in [0.3, 0.4) is 0 Å². The zero-order chi connectivity index (χ0) is 19.1. The second kappa shape index (κ2) is 9.84. The van der Waals surface area contributed by atoms with Gasteiger partial charge in [-0.3, -0.25) is 29.1 Å². The topological polar surface area (TPSA) is 101 Å². The molecule has 1 fully saturated rings. The van der Waals surface area contributed by atoms with Gasteiger partial charge < -0.3 is 10.2 Å². The lowest BCUT2D eigenvalue weighted by Gasteiger charge is -2.29. The molecule has 1 aliphatic rings. The Hall–Kier alpha value is -1.51. The zero-order valence-corrected chi connectivity index (χ0v) is 15.6. The lowest BCUT2D eigenvalue weighted by atomic mass is 10.1. The first kappa shape index (κ1) is 21.5. The van der Waals surface area contributed by atoms with E-state index in [1.54, 1.807) is 13.8 Å². The quantitative estimate of drug-likeness (QED) is 0.660. The molecule has 0 aromatic carbocycles. The van der Waals surface area contributed by atoms with Crippen LogP contribution in [0.25, 0.3) is 0 Å². The molecule has 2 N–H and O–H groups in total. The van der Waals surface area contributed by atoms with Crippen LogP contribution in [-0.2, 0) is 14.4 Å². The summed E-state index contributed by atoms with van der Waals surface area (Å²) >= 11 is 0. The summed E-state index contributed by atoms with van der Waals surface area (Å²) in [6.07, 6.45) is 0. The monoisotopic (exact) mass is 357 g/mol. The lowest BCUT2D eigenvalue weighted by molar-refractivity contribution is -0.144. The van der Waals surface area contributed by atoms with Crippen LogP contribution >= 0.6 is 0 Å². The third kappa shape index (κ3) is 6.72. The van der Waals surface area contributed by atoms with Crippen LogP contribution in [0.5, 0.6) is 0 Å². The van der Waals surface area contributed by atoms with E-state index < -0.39 is 24.0 Å². The fraction of sp³-hybridized carbons (Fsp3) is 0.824. The van der Waals surface area contributed by atoms with E-state index in [1.807, 2.05) is 28.5 Å². The van der Waals surface area contributed by atoms with Crippen LogP contribution in [0.4, 0.5) is 0 Å². The summed E-state index contributed by atoms with van der Waals surface area (Å²) < 4.78 is 0. The molecular formula is C17H31N3O5. The van der Waals surface area contributed by atoms with E-state index in [0.29, 0.717) is 45.8 Å². The summed E-state index contributed by atoms with van der Waals surface area (Å²) in [4.78, 5) is 40.4. The van der Waals surface area contributed by atoms with Gasteiger partial charge in [0.25, 0.3) is 0 Å². The van der Waals surface area contributed by atoms with Gasteiger partial charge in [-0.15, -0.1) is 0 Å². The van der Waals surface area contributed by atoms with Crippen LogP contribution in [0.15, 0.2) is 0 Å². The van der Waals surface area contributed by atoms with E-state index in [9.17, 15) is 24.6 Å². The highest BCUT2D eigenvalue weighted by atomic mass is 16.4. The molecule has 0 aromatic heterocycles. The normalized spacial score (nSPS) is 21.2. The Kier molecular flexibility index (Phi) is 8.47. The summed E-state index contributed by atoms with van der Waals surface area (Å²) in [6, 6.07) is -1.30. The van der Waals surface area contributed by atoms with Crippen molar-refractivity contribution in [2.75, 3.05) is 45.8 Å². The average Bonchev–Trinajstić information content (AvgIpc) is 2.64. The molecule has 8 heteroatoms. The van der Waals surface area contributed by atoms with Crippen molar-refractivity contribution in [1.82, 2.24) is 14.7 Å². The SMILES string of the molecule is CC(C)C(=O)CN1CCN(C(C)C(=O)O)CCN(C(C)C(=O)O)CC1. The summed E-state index contributed by atoms with van der Waals surface area (Å²) in [5, 5.41) is 18.6. The number of ketones is 1. The number of carboxylic acid groups (broad SMARTS) is 2. The van der Waals surface area contributed by atoms with Gasteiger partial charge in [0, 0.05) is 45.2 Å². The molecule has 0 radical (unpaired) electrons. The van der Waals surface area contributed by atoms with Crippen LogP contribution in [0.1, 0.15) is 27.7 Å². The van der Waals surface area contributed by atoms with E-state index in [1.165, 1.54) is 0 Å². The minimum atomic E-state index is -0.901. The van der Waals surface area contributed by atoms with E-state index in [0.717, 1.165) is 0 Å². The molecule has 0 bridgehead atoms. The summed E-state index contributed by atoms with van der Waals surface area (Å²) in [5.41, 5.74) is 0. The maximum atomic E-state index is 12.1. The van der Waals surface area contributed by atoms with Crippen LogP contribution in [0.2, 0.25) is 0 Å². The Morgan fingerprint density at radius 1 is 0.760 bits per heavy atom. The van der Waals surface area contributed by atoms with E-state index in [2.05, 4.69) is 0 Å². The molecular weight excluding hydrogens is 326 g/mol. The van der Waals surface area contributed by atoms with Crippen molar-refractivity contribution in [2.24, 2.45) is 5.92 Å². The van der Waals surface area contributed by atoms with Gasteiger partial charge in [0.05, 0.1) is 6.54 Å². The smallest absolute Gasteiger partial charge is 0.320 e. The largest absolute Gasteiger partial charge is 0.480 e. The molecule has 0 amide bonds. The third-order valence-electron chi connectivity index (χ3n) is 4.91. The lowest BCUT2D eigenvalue weighted by Crippen LogP contribution is -2.47. The number of nitrogens with zero attached hydrogens (tertiary/aromatic N) is 3. The van der Waals surface area contributed by atoms with Crippen LogP contribution in [0, 0.1) is 5.92 Å². The predicted molar refractivity (Wildman–Crippen MR) is 93.6 cm³/mol. The Morgan fingerprint density at radius 2 is 1.12 bits per heavy atom. The van der Waals surface area contributed by atoms with Gasteiger partial charge in [0.1, 0.15) is 17.9 Å². The molecule has 8 nitrogen and oxygen atoms in total. The minimum absolute atomic E-state index is 0.0595. The van der Waals surface area contributed by atoms with Gasteiger partial charge in [-0.25, -0.2) is 0 Å². The van der Waals surface area contributed by atoms with Crippen molar-refractivity contribution >= 4 is 17.7 Å². The molecule has 0 aliphatic carbocycles. The highest BCUT2D eigenvalue weighted by Crippen LogP contribution is 2.09. The molecule has 2 atom stereocenters. The van der Waals surface area contributed by atoms with Gasteiger partial charge in [-0.2, -0.15) is 0 Å². The summed E-state index contributed by atoms with van der Waals surface area (Å²) in [7, 11) is 0. The number of hydrogen-bond donors (Lipinski definition) is 2. The number of carbonyl (C=O) groups is 3. The Morgan fingerprint density at radius 3 is 1.44 bits per heavy atom. The van der Waals surface area contributed by atoms with Crippen molar-refractivity contribution in [3.05, 3.63) is 0 Å². The van der Waals surface area contributed by atoms with Gasteiger partial charge in [-0.1, -0.05) is 13.8 Å². The van der Waals surface area contributed by atoms with E-state index in [4.69, 9.17) is 0 Å². The summed E-state index contributed by atoms with van der Waals surface area (Å²) in [6.45, 7) is 10.5. The minimum Gasteiger partial charge on any atom is -0.480 e. The Bertz CT molecular complexity index is 451. The molecule has 144 valence electrons. The standard InChI is InChI=1S/C17H31N3O5/c1-12(2)15(21)11-18-5-7-19(13(3)16(22)23)9-10-20(8-6-18)14(4)17(24)25/h12-14H,5-11H2,1-4H3,(H,22,23)(H,24,25). The van der Waals surface area contributed by atoms with Crippen molar-refractivity contribution < 1.29 is 24.6 Å². The Labute approximate surface area is 149 Å². The fourth-order valence-corrected chi connectivity index (χ4v) is 2.78. The second-order valence-electron chi connectivity index (χ2n) is 7.00. The predicted octanol–water partition coefficient (Wildman–Crippen LogP) is 0.0773. The van der Waals surface area contributed by atoms with Crippen LogP contribution in [-0.4, -0.2) is 101 Å². The van der Waals surface area contributed by atoms with Gasteiger partial charge >= 0.3 is 11.9 Å². The fourth-order valence-electron chi connectivity index (χ4n) is 2.78. The second-order valence-corrected chi connectivity index (χ2v) is 7.00. The zero-order valence-electron chi connectivity index (χ0n) is 15.6. The average molecular weight is 357 g/mol. The molecule has 0 aromatic rings. The van der Waals surface area contributed by atoms with Crippen molar-refractivity contribution in [3.8, 4) is 0 Å². The van der Waals surface area contributed by atoms with Crippen LogP contribution < -0.4 is 0 Å². The maximum absolute atomic E-state index is 12.1. The van der Waals surface area contributed by atoms with Gasteiger partial charge in [0.2, 0.25) is 0 Å². The molecule has 25 heavy (non-hydrogen) atoms. The molecule has 0 saturated carbocycles. The number of hydrogen-bond acceptors (Lipinski definition) is 6. The number of Topliss-reactive ketones (excluding diaryl/α,β-unsaturated/α-hetero) is 1. The number of carbonyl (C=O) groups excluding carboxylic acids is 1. The molecule has 1 rings (SSSR count). The first-order valence-electron chi connectivity index (χ1n) is 8.82. The molecule has 1 saturated heterocycles. The third-order valence-corrected chi connectivity index (χ3v) is 4.91. The molecule has 2 unspecified atom stereocenters. The first-order valence-corrected chi connectivity index (χ1v) is 8.82. The Balaban J connectivity index is 2.90. The number of aliphatic carboxylic acids is 2.